The van der Waals surface area contributed by atoms with E-state index in [1.165, 1.54) is 0 Å². The Balaban J connectivity index is -0.0000000146. The van der Waals surface area contributed by atoms with E-state index in [1.807, 2.05) is 0 Å². The van der Waals surface area contributed by atoms with E-state index in [9.17, 15) is 0 Å². The second-order valence-corrected chi connectivity index (χ2v) is 1.63. The monoisotopic (exact) mass is 402 g/mol. The Morgan fingerprint density at radius 1 is 1.00 bits per heavy atom. The summed E-state index contributed by atoms with van der Waals surface area (Å²) in [4.78, 5) is 8.56. The minimum absolute atomic E-state index is 0. The van der Waals surface area contributed by atoms with Crippen LogP contribution >= 0.6 is 0 Å². The van der Waals surface area contributed by atoms with Crippen LogP contribution in [0.1, 0.15) is 0 Å². The van der Waals surface area contributed by atoms with Gasteiger partial charge in [0.1, 0.15) is 0 Å². The van der Waals surface area contributed by atoms with Crippen molar-refractivity contribution in [1.29, 1.82) is 0 Å². The van der Waals surface area contributed by atoms with Crippen molar-refractivity contribution >= 4 is 141 Å². The molecule has 0 rings (SSSR count). The molecule has 0 bridgehead atoms. The first-order valence-corrected chi connectivity index (χ1v) is 2.75. The van der Waals surface area contributed by atoms with Crippen LogP contribution in [-0.4, -0.2) is 164 Å². The van der Waals surface area contributed by atoms with Gasteiger partial charge in [-0.2, -0.15) is 8.42 Å². The second kappa shape index (κ2) is 20.6. The number of rotatable bonds is 0. The van der Waals surface area contributed by atoms with Crippen molar-refractivity contribution in [2.24, 2.45) is 0 Å². The van der Waals surface area contributed by atoms with E-state index in [-0.39, 0.29) is 130 Å². The van der Waals surface area contributed by atoms with Crippen LogP contribution in [-0.2, 0) is 10.4 Å². The molecular formula is CH12BaCa2O8S. The molecule has 0 heterocycles. The van der Waals surface area contributed by atoms with E-state index in [1.54, 1.807) is 0 Å². The summed E-state index contributed by atoms with van der Waals surface area (Å²) in [7, 11) is -4.67. The van der Waals surface area contributed by atoms with Gasteiger partial charge < -0.3 is 15.7 Å². The molecule has 0 amide bonds. The molecule has 8 nitrogen and oxygen atoms in total. The molecule has 0 unspecified atom stereocenters. The predicted octanol–water partition coefficient (Wildman–Crippen LogP) is -4.00. The summed E-state index contributed by atoms with van der Waals surface area (Å²) in [5, 5.41) is 13.9. The SMILES string of the molecule is O.O=C(O)O.O=S(=O)(O)O.[BaH2].[CaH2].[CaH2]. The van der Waals surface area contributed by atoms with E-state index in [0.29, 0.717) is 0 Å². The molecule has 0 saturated heterocycles. The van der Waals surface area contributed by atoms with Gasteiger partial charge in [-0.1, -0.05) is 0 Å². The molecule has 0 aromatic carbocycles. The van der Waals surface area contributed by atoms with Gasteiger partial charge in [0, 0.05) is 0 Å². The maximum atomic E-state index is 8.74. The Morgan fingerprint density at radius 2 is 1.00 bits per heavy atom. The molecule has 0 fully saturated rings. The number of hydrogen-bond acceptors (Lipinski definition) is 3. The molecule has 0 aliphatic carbocycles. The van der Waals surface area contributed by atoms with Crippen LogP contribution in [0.4, 0.5) is 4.79 Å². The van der Waals surface area contributed by atoms with Crippen LogP contribution in [0.5, 0.6) is 0 Å². The fourth-order valence-corrected chi connectivity index (χ4v) is 0. The summed E-state index contributed by atoms with van der Waals surface area (Å²) < 4.78 is 31.6. The molecule has 13 heavy (non-hydrogen) atoms. The van der Waals surface area contributed by atoms with Crippen molar-refractivity contribution in [2.45, 2.75) is 0 Å². The van der Waals surface area contributed by atoms with Crippen molar-refractivity contribution in [1.82, 2.24) is 0 Å². The minimum atomic E-state index is -4.67. The molecule has 0 aromatic rings. The van der Waals surface area contributed by atoms with Crippen molar-refractivity contribution in [3.8, 4) is 0 Å². The molecule has 76 valence electrons. The summed E-state index contributed by atoms with van der Waals surface area (Å²) in [6.07, 6.45) is -1.83. The maximum absolute atomic E-state index is 8.74. The first kappa shape index (κ1) is 36.0. The summed E-state index contributed by atoms with van der Waals surface area (Å²) >= 11 is 0. The van der Waals surface area contributed by atoms with Crippen LogP contribution in [0.25, 0.3) is 0 Å². The van der Waals surface area contributed by atoms with Gasteiger partial charge in [-0.25, -0.2) is 4.79 Å². The van der Waals surface area contributed by atoms with E-state index in [0.717, 1.165) is 0 Å². The number of carbonyl (C=O) groups is 1. The van der Waals surface area contributed by atoms with Gasteiger partial charge in [-0.15, -0.1) is 0 Å². The quantitative estimate of drug-likeness (QED) is 0.237. The Labute approximate surface area is 174 Å². The van der Waals surface area contributed by atoms with Gasteiger partial charge in [-0.05, 0) is 0 Å². The normalized spacial score (nSPS) is 6.31. The summed E-state index contributed by atoms with van der Waals surface area (Å²) in [5.41, 5.74) is 0. The van der Waals surface area contributed by atoms with E-state index in [2.05, 4.69) is 0 Å². The van der Waals surface area contributed by atoms with Crippen LogP contribution in [0.15, 0.2) is 0 Å². The zero-order valence-corrected chi connectivity index (χ0v) is 5.24. The number of hydrogen-bond donors (Lipinski definition) is 4. The third-order valence-electron chi connectivity index (χ3n) is 0. The molecule has 0 aliphatic heterocycles. The fourth-order valence-electron chi connectivity index (χ4n) is 0. The Kier molecular flexibility index (Phi) is 57.0. The Morgan fingerprint density at radius 3 is 1.00 bits per heavy atom. The topological polar surface area (TPSA) is 164 Å². The van der Waals surface area contributed by atoms with Crippen LogP contribution in [0, 0.1) is 0 Å². The standard InChI is InChI=1S/CH2O3.Ba.2Ca.H2O4S.H2O.6H/c2-1(3)4;;;;1-5(2,3)4;;;;;;;/h(H2,2,3,4);;;;(H2,1,2,3,4);1H2;;;;;;. The second-order valence-electron chi connectivity index (χ2n) is 0.730. The molecule has 0 atom stereocenters. The average Bonchev–Trinajstić information content (AvgIpc) is 1.19. The van der Waals surface area contributed by atoms with Gasteiger partial charge in [0.15, 0.2) is 0 Å². The average molecular weight is 402 g/mol. The predicted molar refractivity (Wildman–Crippen MR) is 54.1 cm³/mol. The van der Waals surface area contributed by atoms with Crippen LogP contribution in [0.2, 0.25) is 0 Å². The molecule has 12 heteroatoms. The van der Waals surface area contributed by atoms with E-state index < -0.39 is 16.6 Å². The van der Waals surface area contributed by atoms with Crippen molar-refractivity contribution in [3.05, 3.63) is 0 Å². The zero-order valence-electron chi connectivity index (χ0n) is 4.42. The molecule has 0 aliphatic rings. The van der Waals surface area contributed by atoms with Crippen molar-refractivity contribution < 1.29 is 38.0 Å². The first-order valence-electron chi connectivity index (χ1n) is 1.35. The summed E-state index contributed by atoms with van der Waals surface area (Å²) in [6.45, 7) is 0. The third-order valence-corrected chi connectivity index (χ3v) is 0. The van der Waals surface area contributed by atoms with E-state index >= 15 is 0 Å². The van der Waals surface area contributed by atoms with Gasteiger partial charge >= 0.3 is 141 Å². The molecule has 6 N–H and O–H groups in total. The fraction of sp³-hybridized carbons (Fsp3) is 0. The number of carboxylic acid groups (broad SMARTS) is 2. The summed E-state index contributed by atoms with van der Waals surface area (Å²) in [6, 6.07) is 0. The third kappa shape index (κ3) is 260. The van der Waals surface area contributed by atoms with Crippen LogP contribution in [0.3, 0.4) is 0 Å². The van der Waals surface area contributed by atoms with E-state index in [4.69, 9.17) is 32.5 Å². The van der Waals surface area contributed by atoms with Gasteiger partial charge in [0.05, 0.1) is 0 Å². The van der Waals surface area contributed by atoms with Crippen molar-refractivity contribution in [3.63, 3.8) is 0 Å². The Bertz CT molecular complexity index is 165. The molecule has 0 aromatic heterocycles. The van der Waals surface area contributed by atoms with Gasteiger partial charge in [0.2, 0.25) is 0 Å². The molecule has 0 saturated carbocycles. The summed E-state index contributed by atoms with van der Waals surface area (Å²) in [5.74, 6) is 0. The first-order chi connectivity index (χ1) is 3.73. The van der Waals surface area contributed by atoms with Crippen LogP contribution < -0.4 is 0 Å². The van der Waals surface area contributed by atoms with Crippen molar-refractivity contribution in [2.75, 3.05) is 0 Å². The van der Waals surface area contributed by atoms with Gasteiger partial charge in [-0.3, -0.25) is 9.11 Å². The zero-order chi connectivity index (χ0) is 8.08. The molecule has 0 spiro atoms. The molecule has 0 radical (unpaired) electrons. The molecular weight excluding hydrogens is 390 g/mol. The Hall–Kier alpha value is 3.19. The van der Waals surface area contributed by atoms with Gasteiger partial charge in [0.25, 0.3) is 0 Å².